The standard InChI is InChI=1S/C18H22F3N5OS/c1-12-5-7-14(8-6-12)26-16(25-9-3-4-10-25)23-24-17(26)28-13(2)15(27)22-11-18(19,20)21/h5-8,13H,3-4,9-11H2,1-2H3,(H,22,27). The summed E-state index contributed by atoms with van der Waals surface area (Å²) in [6, 6.07) is 7.82. The number of nitrogens with one attached hydrogen (secondary N) is 1. The van der Waals surface area contributed by atoms with Gasteiger partial charge in [0.2, 0.25) is 11.9 Å². The van der Waals surface area contributed by atoms with E-state index < -0.39 is 23.9 Å². The van der Waals surface area contributed by atoms with Crippen molar-refractivity contribution in [3.8, 4) is 5.69 Å². The number of anilines is 1. The van der Waals surface area contributed by atoms with E-state index in [9.17, 15) is 18.0 Å². The highest BCUT2D eigenvalue weighted by Gasteiger charge is 2.30. The Hall–Kier alpha value is -2.23. The van der Waals surface area contributed by atoms with E-state index in [4.69, 9.17) is 0 Å². The van der Waals surface area contributed by atoms with E-state index >= 15 is 0 Å². The maximum atomic E-state index is 12.3. The summed E-state index contributed by atoms with van der Waals surface area (Å²) in [6.45, 7) is 3.94. The second-order valence-electron chi connectivity index (χ2n) is 6.74. The molecule has 152 valence electrons. The van der Waals surface area contributed by atoms with Gasteiger partial charge in [0.25, 0.3) is 0 Å². The number of rotatable bonds is 6. The molecule has 2 aromatic rings. The Labute approximate surface area is 165 Å². The molecule has 1 saturated heterocycles. The predicted octanol–water partition coefficient (Wildman–Crippen LogP) is 3.34. The minimum Gasteiger partial charge on any atom is -0.346 e. The highest BCUT2D eigenvalue weighted by Crippen LogP contribution is 2.31. The van der Waals surface area contributed by atoms with Crippen LogP contribution in [0, 0.1) is 6.92 Å². The number of carbonyl (C=O) groups is 1. The second kappa shape index (κ2) is 8.42. The maximum absolute atomic E-state index is 12.3. The van der Waals surface area contributed by atoms with Crippen LogP contribution in [0.15, 0.2) is 29.4 Å². The number of amides is 1. The summed E-state index contributed by atoms with van der Waals surface area (Å²) in [5.74, 6) is -0.00439. The number of hydrogen-bond acceptors (Lipinski definition) is 5. The smallest absolute Gasteiger partial charge is 0.346 e. The minimum atomic E-state index is -4.44. The molecule has 0 saturated carbocycles. The van der Waals surface area contributed by atoms with Gasteiger partial charge in [-0.2, -0.15) is 13.2 Å². The summed E-state index contributed by atoms with van der Waals surface area (Å²) in [6.07, 6.45) is -2.30. The molecule has 2 heterocycles. The zero-order chi connectivity index (χ0) is 20.3. The highest BCUT2D eigenvalue weighted by molar-refractivity contribution is 8.00. The summed E-state index contributed by atoms with van der Waals surface area (Å²) in [4.78, 5) is 14.2. The molecule has 1 unspecified atom stereocenters. The van der Waals surface area contributed by atoms with Crippen molar-refractivity contribution in [3.63, 3.8) is 0 Å². The van der Waals surface area contributed by atoms with Crippen LogP contribution in [0.2, 0.25) is 0 Å². The van der Waals surface area contributed by atoms with Crippen LogP contribution < -0.4 is 10.2 Å². The van der Waals surface area contributed by atoms with Gasteiger partial charge < -0.3 is 10.2 Å². The Balaban J connectivity index is 1.84. The Morgan fingerprint density at radius 3 is 2.46 bits per heavy atom. The Bertz CT molecular complexity index is 816. The average molecular weight is 413 g/mol. The lowest BCUT2D eigenvalue weighted by atomic mass is 10.2. The molecule has 28 heavy (non-hydrogen) atoms. The van der Waals surface area contributed by atoms with Gasteiger partial charge in [0.1, 0.15) is 6.54 Å². The topological polar surface area (TPSA) is 63.1 Å². The van der Waals surface area contributed by atoms with Gasteiger partial charge in [-0.3, -0.25) is 9.36 Å². The zero-order valence-electron chi connectivity index (χ0n) is 15.7. The highest BCUT2D eigenvalue weighted by atomic mass is 32.2. The summed E-state index contributed by atoms with van der Waals surface area (Å²) in [5.41, 5.74) is 1.96. The number of carbonyl (C=O) groups excluding carboxylic acids is 1. The van der Waals surface area contributed by atoms with Crippen LogP contribution in [0.5, 0.6) is 0 Å². The molecule has 10 heteroatoms. The molecule has 0 radical (unpaired) electrons. The van der Waals surface area contributed by atoms with Crippen molar-refractivity contribution in [2.45, 2.75) is 43.3 Å². The fourth-order valence-electron chi connectivity index (χ4n) is 2.92. The molecular formula is C18H22F3N5OS. The third kappa shape index (κ3) is 4.98. The lowest BCUT2D eigenvalue weighted by Gasteiger charge is -2.19. The van der Waals surface area contributed by atoms with Gasteiger partial charge in [0.15, 0.2) is 5.16 Å². The van der Waals surface area contributed by atoms with Gasteiger partial charge in [-0.25, -0.2) is 0 Å². The number of aromatic nitrogens is 3. The Morgan fingerprint density at radius 2 is 1.86 bits per heavy atom. The van der Waals surface area contributed by atoms with Crippen LogP contribution in [-0.4, -0.2) is 51.7 Å². The van der Waals surface area contributed by atoms with Crippen molar-refractivity contribution >= 4 is 23.6 Å². The first-order valence-electron chi connectivity index (χ1n) is 9.03. The number of aryl methyl sites for hydroxylation is 1. The van der Waals surface area contributed by atoms with E-state index in [1.54, 1.807) is 6.92 Å². The molecule has 1 aromatic heterocycles. The van der Waals surface area contributed by atoms with Crippen molar-refractivity contribution in [2.75, 3.05) is 24.5 Å². The van der Waals surface area contributed by atoms with Gasteiger partial charge >= 0.3 is 6.18 Å². The molecule has 1 aliphatic heterocycles. The van der Waals surface area contributed by atoms with E-state index in [2.05, 4.69) is 15.1 Å². The molecule has 1 aliphatic rings. The summed E-state index contributed by atoms with van der Waals surface area (Å²) >= 11 is 1.09. The third-order valence-corrected chi connectivity index (χ3v) is 5.45. The molecule has 1 amide bonds. The molecule has 0 spiro atoms. The number of halogens is 3. The first kappa shape index (κ1) is 20.5. The third-order valence-electron chi connectivity index (χ3n) is 4.41. The van der Waals surface area contributed by atoms with Crippen LogP contribution in [-0.2, 0) is 4.79 Å². The van der Waals surface area contributed by atoms with E-state index in [0.717, 1.165) is 48.9 Å². The first-order valence-corrected chi connectivity index (χ1v) is 9.91. The van der Waals surface area contributed by atoms with Crippen LogP contribution >= 0.6 is 11.8 Å². The van der Waals surface area contributed by atoms with Crippen molar-refractivity contribution in [3.05, 3.63) is 29.8 Å². The molecule has 0 bridgehead atoms. The van der Waals surface area contributed by atoms with Crippen LogP contribution in [0.3, 0.4) is 0 Å². The fraction of sp³-hybridized carbons (Fsp3) is 0.500. The largest absolute Gasteiger partial charge is 0.405 e. The number of nitrogens with zero attached hydrogens (tertiary/aromatic N) is 4. The Kier molecular flexibility index (Phi) is 6.17. The molecule has 1 fully saturated rings. The van der Waals surface area contributed by atoms with Gasteiger partial charge in [0.05, 0.1) is 10.9 Å². The molecule has 0 aliphatic carbocycles. The zero-order valence-corrected chi connectivity index (χ0v) is 16.5. The van der Waals surface area contributed by atoms with Crippen LogP contribution in [0.1, 0.15) is 25.3 Å². The van der Waals surface area contributed by atoms with Crippen molar-refractivity contribution in [2.24, 2.45) is 0 Å². The molecule has 1 N–H and O–H groups in total. The summed E-state index contributed by atoms with van der Waals surface area (Å²) < 4.78 is 38.9. The van der Waals surface area contributed by atoms with E-state index in [0.29, 0.717) is 11.1 Å². The number of alkyl halides is 3. The fourth-order valence-corrected chi connectivity index (χ4v) is 3.81. The first-order chi connectivity index (χ1) is 13.2. The minimum absolute atomic E-state index is 0.473. The normalized spacial score (nSPS) is 15.7. The van der Waals surface area contributed by atoms with Crippen molar-refractivity contribution in [1.82, 2.24) is 20.1 Å². The van der Waals surface area contributed by atoms with Crippen LogP contribution in [0.25, 0.3) is 5.69 Å². The van der Waals surface area contributed by atoms with Crippen LogP contribution in [0.4, 0.5) is 19.1 Å². The van der Waals surface area contributed by atoms with E-state index in [-0.39, 0.29) is 0 Å². The van der Waals surface area contributed by atoms with Gasteiger partial charge in [-0.1, -0.05) is 29.5 Å². The second-order valence-corrected chi connectivity index (χ2v) is 8.05. The summed E-state index contributed by atoms with van der Waals surface area (Å²) in [7, 11) is 0. The van der Waals surface area contributed by atoms with Gasteiger partial charge in [-0.05, 0) is 38.8 Å². The maximum Gasteiger partial charge on any atom is 0.405 e. The average Bonchev–Trinajstić information content (AvgIpc) is 3.29. The Morgan fingerprint density at radius 1 is 1.21 bits per heavy atom. The van der Waals surface area contributed by atoms with E-state index in [1.807, 2.05) is 41.1 Å². The summed E-state index contributed by atoms with van der Waals surface area (Å²) in [5, 5.41) is 10.2. The molecule has 1 atom stereocenters. The monoisotopic (exact) mass is 413 g/mol. The van der Waals surface area contributed by atoms with Gasteiger partial charge in [0, 0.05) is 13.1 Å². The number of hydrogen-bond donors (Lipinski definition) is 1. The molecule has 3 rings (SSSR count). The lowest BCUT2D eigenvalue weighted by molar-refractivity contribution is -0.137. The van der Waals surface area contributed by atoms with Crippen molar-refractivity contribution in [1.29, 1.82) is 0 Å². The van der Waals surface area contributed by atoms with Crippen molar-refractivity contribution < 1.29 is 18.0 Å². The lowest BCUT2D eigenvalue weighted by Crippen LogP contribution is -2.38. The molecule has 6 nitrogen and oxygen atoms in total. The predicted molar refractivity (Wildman–Crippen MR) is 102 cm³/mol. The van der Waals surface area contributed by atoms with E-state index in [1.165, 1.54) is 0 Å². The van der Waals surface area contributed by atoms with Gasteiger partial charge in [-0.15, -0.1) is 10.2 Å². The quantitative estimate of drug-likeness (QED) is 0.736. The molecule has 1 aromatic carbocycles. The number of thioether (sulfide) groups is 1. The SMILES string of the molecule is Cc1ccc(-n2c(SC(C)C(=O)NCC(F)(F)F)nnc2N2CCCC2)cc1. The number of benzene rings is 1. The molecular weight excluding hydrogens is 391 g/mol.